The molecule has 0 atom stereocenters. The van der Waals surface area contributed by atoms with Gasteiger partial charge in [0.1, 0.15) is 5.69 Å². The Morgan fingerprint density at radius 3 is 2.64 bits per heavy atom. The molecule has 1 aliphatic rings. The van der Waals surface area contributed by atoms with E-state index in [1.54, 1.807) is 11.9 Å². The van der Waals surface area contributed by atoms with Crippen molar-refractivity contribution in [1.82, 2.24) is 9.97 Å². The fourth-order valence-electron chi connectivity index (χ4n) is 3.89. The number of nitrogens with zero attached hydrogens (tertiary/aromatic N) is 7. The second-order valence-corrected chi connectivity index (χ2v) is 9.82. The van der Waals surface area contributed by atoms with Crippen molar-refractivity contribution >= 4 is 60.9 Å². The molecule has 0 bridgehead atoms. The Labute approximate surface area is 235 Å². The topological polar surface area (TPSA) is 108 Å². The second kappa shape index (κ2) is 16.4. The predicted octanol–water partition coefficient (Wildman–Crippen LogP) is 4.85. The molecule has 0 radical (unpaired) electrons. The van der Waals surface area contributed by atoms with Crippen LogP contribution < -0.4 is 14.5 Å². The van der Waals surface area contributed by atoms with Crippen LogP contribution in [0.15, 0.2) is 51.0 Å². The quantitative estimate of drug-likeness (QED) is 0.104. The molecule has 0 aliphatic carbocycles. The number of hydrogen-bond acceptors (Lipinski definition) is 11. The third-order valence-electron chi connectivity index (χ3n) is 6.04. The molecule has 39 heavy (non-hydrogen) atoms. The van der Waals surface area contributed by atoms with E-state index in [-0.39, 0.29) is 0 Å². The van der Waals surface area contributed by atoms with Crippen LogP contribution in [-0.4, -0.2) is 88.1 Å². The number of carbonyl (C=O) groups excluding carboxylic acids is 1. The molecule has 3 rings (SSSR count). The minimum atomic E-state index is 0.359. The van der Waals surface area contributed by atoms with E-state index < -0.39 is 0 Å². The molecule has 0 amide bonds. The molecule has 1 saturated heterocycles. The van der Waals surface area contributed by atoms with Gasteiger partial charge in [-0.3, -0.25) is 19.8 Å². The Hall–Kier alpha value is -3.57. The zero-order valence-electron chi connectivity index (χ0n) is 22.9. The Balaban J connectivity index is 1.85. The smallest absolute Gasteiger partial charge is 0.164 e. The van der Waals surface area contributed by atoms with Gasteiger partial charge in [-0.05, 0) is 44.1 Å². The summed E-state index contributed by atoms with van der Waals surface area (Å²) >= 11 is 1.73. The van der Waals surface area contributed by atoms with Crippen LogP contribution in [0.3, 0.4) is 0 Å². The van der Waals surface area contributed by atoms with Crippen molar-refractivity contribution in [2.24, 2.45) is 15.0 Å². The van der Waals surface area contributed by atoms with Crippen LogP contribution in [-0.2, 0) is 9.53 Å². The van der Waals surface area contributed by atoms with Crippen LogP contribution in [0.4, 0.5) is 23.0 Å². The first-order valence-electron chi connectivity index (χ1n) is 13.1. The highest BCUT2D eigenvalue weighted by molar-refractivity contribution is 8.00. The summed E-state index contributed by atoms with van der Waals surface area (Å²) in [5, 5.41) is 0. The number of carbonyl (C=O) groups is 1. The molecule has 1 aromatic heterocycles. The number of likely N-dealkylation sites (N-methyl/N-ethyl adjacent to an activating group) is 1. The van der Waals surface area contributed by atoms with Crippen LogP contribution in [0, 0.1) is 0 Å². The number of nitrogens with one attached hydrogen (secondary N) is 1. The standard InChI is InChI=1S/C28H38N8O2S/c1-5-6-7-18-39-34-24-10-8-23(9-11-24)26-32-27(35(4)13-12-31-20-22(21-37)19-29-2)25(30-3)28(33-26)36-14-16-38-17-15-36/h8-11,19-21,34H,2-3,5-7,12-18H2,1,4H3/b22-19+,31-20?. The maximum Gasteiger partial charge on any atom is 0.164 e. The van der Waals surface area contributed by atoms with Gasteiger partial charge < -0.3 is 19.3 Å². The zero-order valence-corrected chi connectivity index (χ0v) is 23.7. The average molecular weight is 551 g/mol. The molecular weight excluding hydrogens is 512 g/mol. The molecule has 1 aromatic carbocycles. The number of hydrogen-bond donors (Lipinski definition) is 1. The van der Waals surface area contributed by atoms with Gasteiger partial charge in [0.15, 0.2) is 23.7 Å². The molecule has 208 valence electrons. The number of ether oxygens (including phenoxy) is 1. The van der Waals surface area contributed by atoms with Crippen LogP contribution in [0.2, 0.25) is 0 Å². The van der Waals surface area contributed by atoms with Crippen LogP contribution in [0.1, 0.15) is 26.2 Å². The van der Waals surface area contributed by atoms with Gasteiger partial charge in [0, 0.05) is 56.1 Å². The van der Waals surface area contributed by atoms with Gasteiger partial charge in [0.05, 0.1) is 25.3 Å². The number of rotatable bonds is 16. The third kappa shape index (κ3) is 9.00. The summed E-state index contributed by atoms with van der Waals surface area (Å²) < 4.78 is 8.97. The van der Waals surface area contributed by atoms with Gasteiger partial charge in [-0.1, -0.05) is 31.7 Å². The minimum absolute atomic E-state index is 0.359. The van der Waals surface area contributed by atoms with Crippen molar-refractivity contribution in [3.05, 3.63) is 36.0 Å². The number of anilines is 3. The van der Waals surface area contributed by atoms with E-state index >= 15 is 0 Å². The van der Waals surface area contributed by atoms with E-state index in [1.807, 2.05) is 36.2 Å². The number of allylic oxidation sites excluding steroid dienone is 1. The van der Waals surface area contributed by atoms with Crippen molar-refractivity contribution in [2.75, 3.05) is 66.7 Å². The molecule has 0 unspecified atom stereocenters. The number of unbranched alkanes of at least 4 members (excludes halogenated alkanes) is 2. The van der Waals surface area contributed by atoms with E-state index in [0.29, 0.717) is 68.6 Å². The summed E-state index contributed by atoms with van der Waals surface area (Å²) in [5.41, 5.74) is 2.94. The van der Waals surface area contributed by atoms with Gasteiger partial charge >= 0.3 is 0 Å². The van der Waals surface area contributed by atoms with E-state index in [0.717, 1.165) is 22.8 Å². The Kier molecular flexibility index (Phi) is 12.6. The summed E-state index contributed by atoms with van der Waals surface area (Å²) in [5.74, 6) is 3.09. The number of aromatic nitrogens is 2. The molecule has 11 heteroatoms. The largest absolute Gasteiger partial charge is 0.378 e. The zero-order chi connectivity index (χ0) is 27.9. The molecule has 0 saturated carbocycles. The van der Waals surface area contributed by atoms with E-state index in [9.17, 15) is 4.79 Å². The molecule has 1 aliphatic heterocycles. The molecule has 10 nitrogen and oxygen atoms in total. The first-order valence-corrected chi connectivity index (χ1v) is 14.1. The van der Waals surface area contributed by atoms with Gasteiger partial charge in [0.2, 0.25) is 0 Å². The van der Waals surface area contributed by atoms with Crippen molar-refractivity contribution in [1.29, 1.82) is 0 Å². The van der Waals surface area contributed by atoms with Crippen molar-refractivity contribution in [3.8, 4) is 11.4 Å². The highest BCUT2D eigenvalue weighted by Gasteiger charge is 2.23. The summed E-state index contributed by atoms with van der Waals surface area (Å²) in [4.78, 5) is 37.4. The van der Waals surface area contributed by atoms with E-state index in [1.165, 1.54) is 31.7 Å². The molecular formula is C28H38N8O2S. The van der Waals surface area contributed by atoms with Crippen LogP contribution >= 0.6 is 11.9 Å². The predicted molar refractivity (Wildman–Crippen MR) is 166 cm³/mol. The van der Waals surface area contributed by atoms with Gasteiger partial charge in [-0.2, -0.15) is 0 Å². The van der Waals surface area contributed by atoms with Crippen molar-refractivity contribution in [3.63, 3.8) is 0 Å². The molecule has 1 N–H and O–H groups in total. The van der Waals surface area contributed by atoms with E-state index in [4.69, 9.17) is 14.7 Å². The minimum Gasteiger partial charge on any atom is -0.378 e. The van der Waals surface area contributed by atoms with Gasteiger partial charge in [-0.25, -0.2) is 9.97 Å². The summed E-state index contributed by atoms with van der Waals surface area (Å²) in [6.45, 7) is 13.1. The first kappa shape index (κ1) is 30.0. The lowest BCUT2D eigenvalue weighted by Gasteiger charge is -2.30. The van der Waals surface area contributed by atoms with Crippen molar-refractivity contribution < 1.29 is 9.53 Å². The van der Waals surface area contributed by atoms with Crippen LogP contribution in [0.25, 0.3) is 11.4 Å². The molecule has 2 heterocycles. The third-order valence-corrected chi connectivity index (χ3v) is 6.91. The summed E-state index contributed by atoms with van der Waals surface area (Å²) in [6, 6.07) is 8.16. The summed E-state index contributed by atoms with van der Waals surface area (Å²) in [7, 11) is 1.93. The SMILES string of the molecule is C=N/C=C(/C=O)C=NCCN(C)c1nc(-c2ccc(NSCCCCC)cc2)nc(N2CCOCC2)c1N=C. The van der Waals surface area contributed by atoms with Crippen molar-refractivity contribution in [2.45, 2.75) is 26.2 Å². The Morgan fingerprint density at radius 1 is 1.21 bits per heavy atom. The fourth-order valence-corrected chi connectivity index (χ4v) is 4.65. The Bertz CT molecular complexity index is 1150. The lowest BCUT2D eigenvalue weighted by Crippen LogP contribution is -2.37. The number of aliphatic imine (C=N–C) groups is 3. The number of benzene rings is 1. The lowest BCUT2D eigenvalue weighted by atomic mass is 10.2. The monoisotopic (exact) mass is 550 g/mol. The maximum atomic E-state index is 11.1. The van der Waals surface area contributed by atoms with Gasteiger partial charge in [-0.15, -0.1) is 0 Å². The molecule has 1 fully saturated rings. The highest BCUT2D eigenvalue weighted by atomic mass is 32.2. The van der Waals surface area contributed by atoms with E-state index in [2.05, 4.69) is 45.0 Å². The number of aldehydes is 1. The fraction of sp³-hybridized carbons (Fsp3) is 0.429. The second-order valence-electron chi connectivity index (χ2n) is 8.92. The highest BCUT2D eigenvalue weighted by Crippen LogP contribution is 2.37. The van der Waals surface area contributed by atoms with Crippen LogP contribution in [0.5, 0.6) is 0 Å². The maximum absolute atomic E-state index is 11.1. The normalized spacial score (nSPS) is 13.9. The molecule has 2 aromatic rings. The first-order chi connectivity index (χ1) is 19.1. The molecule has 0 spiro atoms. The average Bonchev–Trinajstić information content (AvgIpc) is 2.98. The summed E-state index contributed by atoms with van der Waals surface area (Å²) in [6.07, 6.45) is 7.23. The lowest BCUT2D eigenvalue weighted by molar-refractivity contribution is -0.104. The van der Waals surface area contributed by atoms with Gasteiger partial charge in [0.25, 0.3) is 0 Å². The number of morpholine rings is 1. The Morgan fingerprint density at radius 2 is 1.97 bits per heavy atom.